The van der Waals surface area contributed by atoms with Crippen molar-refractivity contribution in [3.63, 3.8) is 0 Å². The number of nitrogens with zero attached hydrogens (tertiary/aromatic N) is 6. The van der Waals surface area contributed by atoms with Gasteiger partial charge in [0.25, 0.3) is 5.78 Å². The van der Waals surface area contributed by atoms with Gasteiger partial charge in [0.1, 0.15) is 17.5 Å². The first-order valence-electron chi connectivity index (χ1n) is 5.10. The fourth-order valence-corrected chi connectivity index (χ4v) is 2.07. The Labute approximate surface area is 107 Å². The molecule has 0 radical (unpaired) electrons. The fourth-order valence-electron chi connectivity index (χ4n) is 1.40. The number of hydrogen-bond acceptors (Lipinski definition) is 7. The Bertz CT molecular complexity index is 676. The number of nitrogen functional groups attached to an aromatic ring is 1. The van der Waals surface area contributed by atoms with E-state index in [9.17, 15) is 0 Å². The highest BCUT2D eigenvalue weighted by molar-refractivity contribution is 7.99. The monoisotopic (exact) mass is 259 g/mol. The second-order valence-corrected chi connectivity index (χ2v) is 4.49. The Hall–Kier alpha value is -2.32. The van der Waals surface area contributed by atoms with Gasteiger partial charge in [0.05, 0.1) is 11.8 Å². The minimum atomic E-state index is 0.236. The molecule has 0 unspecified atom stereocenters. The van der Waals surface area contributed by atoms with Crippen LogP contribution in [-0.2, 0) is 0 Å². The number of fused-ring (bicyclic) bond motifs is 1. The largest absolute Gasteiger partial charge is 0.382 e. The predicted octanol–water partition coefficient (Wildman–Crippen LogP) is 0.892. The highest BCUT2D eigenvalue weighted by atomic mass is 32.2. The first-order valence-corrected chi connectivity index (χ1v) is 6.08. The molecule has 7 nitrogen and oxygen atoms in total. The van der Waals surface area contributed by atoms with Crippen molar-refractivity contribution < 1.29 is 0 Å². The molecule has 0 aliphatic carbocycles. The van der Waals surface area contributed by atoms with Gasteiger partial charge in [0, 0.05) is 12.2 Å². The molecular weight excluding hydrogens is 250 g/mol. The summed E-state index contributed by atoms with van der Waals surface area (Å²) in [6, 6.07) is 4.04. The lowest BCUT2D eigenvalue weighted by Gasteiger charge is -2.01. The van der Waals surface area contributed by atoms with Crippen molar-refractivity contribution in [1.82, 2.24) is 19.6 Å². The quantitative estimate of drug-likeness (QED) is 0.642. The summed E-state index contributed by atoms with van der Waals surface area (Å²) in [7, 11) is 0. The molecule has 18 heavy (non-hydrogen) atoms. The molecule has 0 saturated carbocycles. The van der Waals surface area contributed by atoms with E-state index < -0.39 is 0 Å². The van der Waals surface area contributed by atoms with E-state index >= 15 is 0 Å². The van der Waals surface area contributed by atoms with Crippen LogP contribution < -0.4 is 5.73 Å². The van der Waals surface area contributed by atoms with Gasteiger partial charge in [-0.15, -0.1) is 5.10 Å². The first-order chi connectivity index (χ1) is 8.67. The van der Waals surface area contributed by atoms with Gasteiger partial charge < -0.3 is 5.73 Å². The van der Waals surface area contributed by atoms with E-state index in [1.54, 1.807) is 6.92 Å². The van der Waals surface area contributed by atoms with Gasteiger partial charge in [-0.1, -0.05) is 11.8 Å². The molecule has 90 valence electrons. The third kappa shape index (κ3) is 2.06. The summed E-state index contributed by atoms with van der Waals surface area (Å²) in [5.74, 6) is 1.21. The van der Waals surface area contributed by atoms with Crippen LogP contribution in [0.5, 0.6) is 0 Å². The number of aryl methyl sites for hydroxylation is 1. The van der Waals surface area contributed by atoms with Crippen molar-refractivity contribution in [2.75, 3.05) is 11.5 Å². The Morgan fingerprint density at radius 2 is 2.17 bits per heavy atom. The average Bonchev–Trinajstić information content (AvgIpc) is 2.73. The van der Waals surface area contributed by atoms with Crippen molar-refractivity contribution in [3.05, 3.63) is 11.3 Å². The van der Waals surface area contributed by atoms with Gasteiger partial charge in [-0.05, 0) is 6.92 Å². The summed E-state index contributed by atoms with van der Waals surface area (Å²) in [6.45, 7) is 1.70. The first kappa shape index (κ1) is 12.1. The second kappa shape index (κ2) is 4.90. The van der Waals surface area contributed by atoms with Crippen LogP contribution in [0.4, 0.5) is 5.82 Å². The SMILES string of the molecule is Cc1nc2nc(SCCC#N)nn2c(N)c1C#N. The van der Waals surface area contributed by atoms with Crippen molar-refractivity contribution in [2.45, 2.75) is 18.5 Å². The van der Waals surface area contributed by atoms with E-state index in [1.807, 2.05) is 12.1 Å². The van der Waals surface area contributed by atoms with E-state index in [2.05, 4.69) is 15.1 Å². The highest BCUT2D eigenvalue weighted by Gasteiger charge is 2.13. The van der Waals surface area contributed by atoms with E-state index in [4.69, 9.17) is 16.3 Å². The Morgan fingerprint density at radius 1 is 1.39 bits per heavy atom. The molecule has 0 atom stereocenters. The van der Waals surface area contributed by atoms with Crippen molar-refractivity contribution in [2.24, 2.45) is 0 Å². The number of thioether (sulfide) groups is 1. The third-order valence-electron chi connectivity index (χ3n) is 2.24. The van der Waals surface area contributed by atoms with Gasteiger partial charge in [0.2, 0.25) is 5.16 Å². The molecule has 0 saturated heterocycles. The van der Waals surface area contributed by atoms with Crippen LogP contribution in [0, 0.1) is 29.6 Å². The Balaban J connectivity index is 2.43. The molecule has 0 aromatic carbocycles. The third-order valence-corrected chi connectivity index (χ3v) is 3.08. The number of aromatic nitrogens is 4. The van der Waals surface area contributed by atoms with Gasteiger partial charge in [0.15, 0.2) is 0 Å². The normalized spacial score (nSPS) is 10.2. The van der Waals surface area contributed by atoms with E-state index in [0.29, 0.717) is 34.4 Å². The number of hydrogen-bond donors (Lipinski definition) is 1. The molecule has 0 fully saturated rings. The molecule has 8 heteroatoms. The molecule has 0 aliphatic heterocycles. The Morgan fingerprint density at radius 3 is 2.83 bits per heavy atom. The molecule has 2 aromatic rings. The lowest BCUT2D eigenvalue weighted by Crippen LogP contribution is -2.06. The van der Waals surface area contributed by atoms with E-state index in [-0.39, 0.29) is 5.82 Å². The lowest BCUT2D eigenvalue weighted by molar-refractivity contribution is 0.882. The molecule has 0 aliphatic rings. The van der Waals surface area contributed by atoms with Gasteiger partial charge in [-0.25, -0.2) is 4.98 Å². The van der Waals surface area contributed by atoms with Crippen LogP contribution in [0.3, 0.4) is 0 Å². The maximum absolute atomic E-state index is 8.97. The van der Waals surface area contributed by atoms with Crippen LogP contribution in [-0.4, -0.2) is 25.3 Å². The fraction of sp³-hybridized carbons (Fsp3) is 0.300. The van der Waals surface area contributed by atoms with Gasteiger partial charge in [-0.2, -0.15) is 20.0 Å². The van der Waals surface area contributed by atoms with Crippen molar-refractivity contribution in [1.29, 1.82) is 10.5 Å². The van der Waals surface area contributed by atoms with E-state index in [0.717, 1.165) is 0 Å². The molecular formula is C10H9N7S. The maximum atomic E-state index is 8.97. The maximum Gasteiger partial charge on any atom is 0.255 e. The summed E-state index contributed by atoms with van der Waals surface area (Å²) in [5.41, 5.74) is 6.67. The number of anilines is 1. The average molecular weight is 259 g/mol. The topological polar surface area (TPSA) is 117 Å². The zero-order valence-electron chi connectivity index (χ0n) is 9.58. The summed E-state index contributed by atoms with van der Waals surface area (Å²) >= 11 is 1.35. The smallest absolute Gasteiger partial charge is 0.255 e. The second-order valence-electron chi connectivity index (χ2n) is 3.43. The summed E-state index contributed by atoms with van der Waals surface area (Å²) in [6.07, 6.45) is 0.422. The van der Waals surface area contributed by atoms with Crippen LogP contribution >= 0.6 is 11.8 Å². The molecule has 2 heterocycles. The summed E-state index contributed by atoms with van der Waals surface area (Å²) in [4.78, 5) is 8.35. The highest BCUT2D eigenvalue weighted by Crippen LogP contribution is 2.19. The van der Waals surface area contributed by atoms with Crippen LogP contribution in [0.2, 0.25) is 0 Å². The minimum Gasteiger partial charge on any atom is -0.382 e. The zero-order chi connectivity index (χ0) is 13.1. The predicted molar refractivity (Wildman–Crippen MR) is 65.6 cm³/mol. The number of rotatable bonds is 3. The summed E-state index contributed by atoms with van der Waals surface area (Å²) < 4.78 is 1.35. The summed E-state index contributed by atoms with van der Waals surface area (Å²) in [5, 5.41) is 22.1. The molecule has 2 N–H and O–H groups in total. The molecule has 2 rings (SSSR count). The molecule has 0 bridgehead atoms. The lowest BCUT2D eigenvalue weighted by atomic mass is 10.2. The van der Waals surface area contributed by atoms with Crippen molar-refractivity contribution in [3.8, 4) is 12.1 Å². The van der Waals surface area contributed by atoms with Crippen LogP contribution in [0.15, 0.2) is 5.16 Å². The Kier molecular flexibility index (Phi) is 3.31. The minimum absolute atomic E-state index is 0.236. The van der Waals surface area contributed by atoms with Gasteiger partial charge in [-0.3, -0.25) is 0 Å². The van der Waals surface area contributed by atoms with Crippen LogP contribution in [0.1, 0.15) is 17.7 Å². The van der Waals surface area contributed by atoms with Crippen molar-refractivity contribution >= 4 is 23.4 Å². The van der Waals surface area contributed by atoms with Gasteiger partial charge >= 0.3 is 0 Å². The van der Waals surface area contributed by atoms with Crippen LogP contribution in [0.25, 0.3) is 5.78 Å². The standard InChI is InChI=1S/C10H9N7S/c1-6-7(5-12)8(13)17-9(14-6)15-10(16-17)18-4-2-3-11/h2,4,13H2,1H3. The van der Waals surface area contributed by atoms with E-state index in [1.165, 1.54) is 16.3 Å². The number of nitriles is 2. The number of nitrogens with two attached hydrogens (primary N) is 1. The molecule has 2 aromatic heterocycles. The molecule has 0 amide bonds. The molecule has 0 spiro atoms. The zero-order valence-corrected chi connectivity index (χ0v) is 10.4.